The van der Waals surface area contributed by atoms with Crippen LogP contribution in [0.15, 0.2) is 59.1 Å². The molecular formula is C22H25BrN4O3. The summed E-state index contributed by atoms with van der Waals surface area (Å²) in [4.78, 5) is 38.7. The van der Waals surface area contributed by atoms with Crippen LogP contribution >= 0.6 is 15.9 Å². The molecule has 0 aromatic heterocycles. The predicted octanol–water partition coefficient (Wildman–Crippen LogP) is 3.84. The number of halogens is 1. The number of urea groups is 1. The SMILES string of the molecule is O=C(CCNC(=O)C1CCCN(C(=O)Nc2ccccc2)C1)Nc1ccc(Br)cc1. The van der Waals surface area contributed by atoms with Crippen molar-refractivity contribution in [1.29, 1.82) is 0 Å². The van der Waals surface area contributed by atoms with Crippen LogP contribution in [-0.2, 0) is 9.59 Å². The van der Waals surface area contributed by atoms with Gasteiger partial charge in [-0.15, -0.1) is 0 Å². The Hall–Kier alpha value is -2.87. The molecule has 30 heavy (non-hydrogen) atoms. The van der Waals surface area contributed by atoms with E-state index in [-0.39, 0.29) is 36.7 Å². The van der Waals surface area contributed by atoms with Crippen LogP contribution in [0.4, 0.5) is 16.2 Å². The van der Waals surface area contributed by atoms with Crippen LogP contribution in [-0.4, -0.2) is 42.4 Å². The highest BCUT2D eigenvalue weighted by Crippen LogP contribution is 2.18. The topological polar surface area (TPSA) is 90.5 Å². The average Bonchev–Trinajstić information content (AvgIpc) is 2.76. The number of hydrogen-bond donors (Lipinski definition) is 3. The van der Waals surface area contributed by atoms with E-state index in [1.165, 1.54) is 0 Å². The van der Waals surface area contributed by atoms with Gasteiger partial charge in [-0.3, -0.25) is 9.59 Å². The maximum absolute atomic E-state index is 12.5. The molecule has 3 rings (SSSR count). The van der Waals surface area contributed by atoms with Gasteiger partial charge in [-0.2, -0.15) is 0 Å². The number of anilines is 2. The average molecular weight is 473 g/mol. The Morgan fingerprint density at radius 1 is 0.967 bits per heavy atom. The lowest BCUT2D eigenvalue weighted by atomic mass is 9.97. The number of benzene rings is 2. The van der Waals surface area contributed by atoms with Crippen LogP contribution in [0.1, 0.15) is 19.3 Å². The summed E-state index contributed by atoms with van der Waals surface area (Å²) in [5.41, 5.74) is 1.44. The first-order valence-electron chi connectivity index (χ1n) is 9.95. The summed E-state index contributed by atoms with van der Waals surface area (Å²) < 4.78 is 0.937. The van der Waals surface area contributed by atoms with Crippen molar-refractivity contribution in [1.82, 2.24) is 10.2 Å². The smallest absolute Gasteiger partial charge is 0.321 e. The zero-order valence-electron chi connectivity index (χ0n) is 16.6. The molecule has 1 aliphatic heterocycles. The van der Waals surface area contributed by atoms with Crippen LogP contribution in [0, 0.1) is 5.92 Å². The summed E-state index contributed by atoms with van der Waals surface area (Å²) >= 11 is 3.35. The van der Waals surface area contributed by atoms with Crippen molar-refractivity contribution < 1.29 is 14.4 Å². The molecule has 1 heterocycles. The standard InChI is InChI=1S/C22H25BrN4O3/c23-17-8-10-19(11-9-17)25-20(28)12-13-24-21(29)16-5-4-14-27(15-16)22(30)26-18-6-2-1-3-7-18/h1-3,6-11,16H,4-5,12-15H2,(H,24,29)(H,25,28)(H,26,30). The van der Waals surface area contributed by atoms with E-state index in [0.29, 0.717) is 18.8 Å². The van der Waals surface area contributed by atoms with Crippen LogP contribution in [0.5, 0.6) is 0 Å². The molecule has 158 valence electrons. The van der Waals surface area contributed by atoms with Crippen LogP contribution in [0.25, 0.3) is 0 Å². The number of hydrogen-bond acceptors (Lipinski definition) is 3. The predicted molar refractivity (Wildman–Crippen MR) is 120 cm³/mol. The van der Waals surface area contributed by atoms with Gasteiger partial charge in [0.2, 0.25) is 11.8 Å². The minimum Gasteiger partial charge on any atom is -0.355 e. The highest BCUT2D eigenvalue weighted by atomic mass is 79.9. The minimum absolute atomic E-state index is 0.122. The Balaban J connectivity index is 1.40. The second-order valence-corrected chi connectivity index (χ2v) is 8.09. The third-order valence-corrected chi connectivity index (χ3v) is 5.41. The third kappa shape index (κ3) is 6.59. The highest BCUT2D eigenvalue weighted by molar-refractivity contribution is 9.10. The van der Waals surface area contributed by atoms with Crippen molar-refractivity contribution in [2.75, 3.05) is 30.3 Å². The number of likely N-dealkylation sites (tertiary alicyclic amines) is 1. The Morgan fingerprint density at radius 3 is 2.40 bits per heavy atom. The molecule has 4 amide bonds. The maximum Gasteiger partial charge on any atom is 0.321 e. The second kappa shape index (κ2) is 10.8. The monoisotopic (exact) mass is 472 g/mol. The first-order valence-corrected chi connectivity index (χ1v) is 10.7. The summed E-state index contributed by atoms with van der Waals surface area (Å²) in [5, 5.41) is 8.47. The van der Waals surface area contributed by atoms with Gasteiger partial charge >= 0.3 is 6.03 Å². The number of carbonyl (C=O) groups excluding carboxylic acids is 3. The van der Waals surface area contributed by atoms with Gasteiger partial charge in [0, 0.05) is 41.9 Å². The van der Waals surface area contributed by atoms with E-state index in [1.807, 2.05) is 42.5 Å². The van der Waals surface area contributed by atoms with Gasteiger partial charge in [0.15, 0.2) is 0 Å². The fourth-order valence-corrected chi connectivity index (χ4v) is 3.56. The molecule has 2 aromatic rings. The molecular weight excluding hydrogens is 448 g/mol. The fraction of sp³-hybridized carbons (Fsp3) is 0.318. The Labute approximate surface area is 184 Å². The highest BCUT2D eigenvalue weighted by Gasteiger charge is 2.28. The van der Waals surface area contributed by atoms with Gasteiger partial charge in [-0.05, 0) is 49.2 Å². The third-order valence-electron chi connectivity index (χ3n) is 4.88. The largest absolute Gasteiger partial charge is 0.355 e. The van der Waals surface area contributed by atoms with Crippen molar-refractivity contribution in [2.24, 2.45) is 5.92 Å². The number of carbonyl (C=O) groups is 3. The van der Waals surface area contributed by atoms with E-state index in [9.17, 15) is 14.4 Å². The van der Waals surface area contributed by atoms with Crippen molar-refractivity contribution in [3.8, 4) is 0 Å². The van der Waals surface area contributed by atoms with Crippen LogP contribution < -0.4 is 16.0 Å². The molecule has 0 bridgehead atoms. The Morgan fingerprint density at radius 2 is 1.67 bits per heavy atom. The van der Waals surface area contributed by atoms with Crippen molar-refractivity contribution in [2.45, 2.75) is 19.3 Å². The summed E-state index contributed by atoms with van der Waals surface area (Å²) in [6, 6.07) is 16.3. The zero-order valence-corrected chi connectivity index (χ0v) is 18.2. The molecule has 1 fully saturated rings. The Bertz CT molecular complexity index is 874. The van der Waals surface area contributed by atoms with Gasteiger partial charge in [-0.25, -0.2) is 4.79 Å². The number of amides is 4. The summed E-state index contributed by atoms with van der Waals surface area (Å²) in [6.07, 6.45) is 1.68. The lowest BCUT2D eigenvalue weighted by Crippen LogP contribution is -2.47. The van der Waals surface area contributed by atoms with E-state index < -0.39 is 0 Å². The lowest BCUT2D eigenvalue weighted by molar-refractivity contribution is -0.126. The van der Waals surface area contributed by atoms with E-state index in [0.717, 1.165) is 23.0 Å². The van der Waals surface area contributed by atoms with Gasteiger partial charge in [0.1, 0.15) is 0 Å². The van der Waals surface area contributed by atoms with E-state index in [2.05, 4.69) is 31.9 Å². The molecule has 3 N–H and O–H groups in total. The number of nitrogens with one attached hydrogen (secondary N) is 3. The van der Waals surface area contributed by atoms with Gasteiger partial charge < -0.3 is 20.9 Å². The number of piperidine rings is 1. The molecule has 0 radical (unpaired) electrons. The first kappa shape index (κ1) is 21.8. The summed E-state index contributed by atoms with van der Waals surface area (Å²) in [6.45, 7) is 1.25. The summed E-state index contributed by atoms with van der Waals surface area (Å²) in [7, 11) is 0. The molecule has 0 saturated carbocycles. The fourth-order valence-electron chi connectivity index (χ4n) is 3.30. The molecule has 1 unspecified atom stereocenters. The molecule has 1 aliphatic rings. The number of nitrogens with zero attached hydrogens (tertiary/aromatic N) is 1. The zero-order chi connectivity index (χ0) is 21.3. The molecule has 0 spiro atoms. The molecule has 0 aliphatic carbocycles. The second-order valence-electron chi connectivity index (χ2n) is 7.18. The molecule has 2 aromatic carbocycles. The lowest BCUT2D eigenvalue weighted by Gasteiger charge is -2.32. The van der Waals surface area contributed by atoms with E-state index in [4.69, 9.17) is 0 Å². The van der Waals surface area contributed by atoms with Crippen molar-refractivity contribution in [3.05, 3.63) is 59.1 Å². The number of para-hydroxylation sites is 1. The Kier molecular flexibility index (Phi) is 7.84. The molecule has 8 heteroatoms. The van der Waals surface area contributed by atoms with Crippen LogP contribution in [0.2, 0.25) is 0 Å². The maximum atomic E-state index is 12.5. The van der Waals surface area contributed by atoms with Crippen molar-refractivity contribution >= 4 is 45.2 Å². The van der Waals surface area contributed by atoms with Crippen LogP contribution in [0.3, 0.4) is 0 Å². The molecule has 7 nitrogen and oxygen atoms in total. The first-order chi connectivity index (χ1) is 14.5. The molecule has 1 atom stereocenters. The van der Waals surface area contributed by atoms with Gasteiger partial charge in [-0.1, -0.05) is 34.1 Å². The number of rotatable bonds is 6. The molecule has 1 saturated heterocycles. The van der Waals surface area contributed by atoms with Crippen molar-refractivity contribution in [3.63, 3.8) is 0 Å². The normalized spacial score (nSPS) is 15.9. The van der Waals surface area contributed by atoms with Gasteiger partial charge in [0.05, 0.1) is 5.92 Å². The minimum atomic E-state index is -0.269. The van der Waals surface area contributed by atoms with Gasteiger partial charge in [0.25, 0.3) is 0 Å². The quantitative estimate of drug-likeness (QED) is 0.596. The van der Waals surface area contributed by atoms with E-state index in [1.54, 1.807) is 17.0 Å². The van der Waals surface area contributed by atoms with E-state index >= 15 is 0 Å². The summed E-state index contributed by atoms with van der Waals surface area (Å²) in [5.74, 6) is -0.552.